The van der Waals surface area contributed by atoms with Crippen LogP contribution in [0.5, 0.6) is 5.75 Å². The Morgan fingerprint density at radius 2 is 2.00 bits per heavy atom. The first-order valence-electron chi connectivity index (χ1n) is 8.52. The van der Waals surface area contributed by atoms with Crippen LogP contribution in [0.25, 0.3) is 17.2 Å². The summed E-state index contributed by atoms with van der Waals surface area (Å²) in [5.74, 6) is 0.186. The molecule has 146 valence electrons. The van der Waals surface area contributed by atoms with Crippen molar-refractivity contribution in [1.29, 1.82) is 0 Å². The van der Waals surface area contributed by atoms with Crippen LogP contribution in [0.3, 0.4) is 0 Å². The molecule has 0 radical (unpaired) electrons. The first-order chi connectivity index (χ1) is 13.4. The highest BCUT2D eigenvalue weighted by Gasteiger charge is 2.14. The molecule has 0 spiro atoms. The van der Waals surface area contributed by atoms with Crippen LogP contribution in [-0.2, 0) is 30.2 Å². The lowest BCUT2D eigenvalue weighted by molar-refractivity contribution is -0.137. The number of ether oxygens (including phenoxy) is 2. The highest BCUT2D eigenvalue weighted by atomic mass is 16.5. The Labute approximate surface area is 160 Å². The number of hydrogen-bond donors (Lipinski definition) is 0. The van der Waals surface area contributed by atoms with Gasteiger partial charge >= 0.3 is 11.7 Å². The standard InChI is InChI=1S/C19H20N4O5/c1-21-17-16(18(25)22(2)19(21)26)23(12-20-17)9-10-28-15(24)8-7-13-5-4-6-14(11-13)27-3/h4-8,11-12H,9-10H2,1-3H3/b8-7+. The number of nitrogens with zero attached hydrogens (tertiary/aromatic N) is 4. The van der Waals surface area contributed by atoms with Gasteiger partial charge in [-0.3, -0.25) is 13.9 Å². The first-order valence-corrected chi connectivity index (χ1v) is 8.52. The number of benzene rings is 1. The molecule has 2 heterocycles. The molecule has 0 atom stereocenters. The lowest BCUT2D eigenvalue weighted by atomic mass is 10.2. The van der Waals surface area contributed by atoms with E-state index in [1.165, 1.54) is 24.0 Å². The van der Waals surface area contributed by atoms with Gasteiger partial charge in [-0.1, -0.05) is 12.1 Å². The van der Waals surface area contributed by atoms with Gasteiger partial charge in [0, 0.05) is 20.2 Å². The number of methoxy groups -OCH3 is 1. The Balaban J connectivity index is 1.67. The second-order valence-electron chi connectivity index (χ2n) is 6.09. The molecule has 2 aromatic heterocycles. The normalized spacial score (nSPS) is 11.2. The van der Waals surface area contributed by atoms with Gasteiger partial charge < -0.3 is 14.0 Å². The van der Waals surface area contributed by atoms with E-state index in [0.29, 0.717) is 5.75 Å². The van der Waals surface area contributed by atoms with E-state index in [1.807, 2.05) is 18.2 Å². The zero-order valence-electron chi connectivity index (χ0n) is 15.8. The number of esters is 1. The van der Waals surface area contributed by atoms with Gasteiger partial charge in [-0.25, -0.2) is 14.6 Å². The van der Waals surface area contributed by atoms with Gasteiger partial charge in [-0.15, -0.1) is 0 Å². The molecule has 0 unspecified atom stereocenters. The van der Waals surface area contributed by atoms with Crippen molar-refractivity contribution in [3.05, 3.63) is 63.1 Å². The van der Waals surface area contributed by atoms with E-state index in [9.17, 15) is 14.4 Å². The molecular weight excluding hydrogens is 364 g/mol. The minimum Gasteiger partial charge on any atom is -0.497 e. The second-order valence-corrected chi connectivity index (χ2v) is 6.09. The zero-order valence-corrected chi connectivity index (χ0v) is 15.8. The summed E-state index contributed by atoms with van der Waals surface area (Å²) in [5, 5.41) is 0. The molecule has 0 N–H and O–H groups in total. The molecule has 0 saturated carbocycles. The minimum atomic E-state index is -0.507. The zero-order chi connectivity index (χ0) is 20.3. The summed E-state index contributed by atoms with van der Waals surface area (Å²) in [5.41, 5.74) is 0.489. The van der Waals surface area contributed by atoms with Crippen LogP contribution in [-0.4, -0.2) is 38.4 Å². The molecule has 28 heavy (non-hydrogen) atoms. The van der Waals surface area contributed by atoms with E-state index >= 15 is 0 Å². The average Bonchev–Trinajstić information content (AvgIpc) is 3.13. The van der Waals surface area contributed by atoms with Crippen molar-refractivity contribution in [2.75, 3.05) is 13.7 Å². The van der Waals surface area contributed by atoms with Gasteiger partial charge in [0.25, 0.3) is 5.56 Å². The quantitative estimate of drug-likeness (QED) is 0.458. The molecular formula is C19H20N4O5. The maximum atomic E-state index is 12.4. The number of aryl methyl sites for hydroxylation is 1. The van der Waals surface area contributed by atoms with Crippen molar-refractivity contribution in [3.8, 4) is 5.75 Å². The van der Waals surface area contributed by atoms with Gasteiger partial charge in [0.05, 0.1) is 20.0 Å². The number of carbonyl (C=O) groups is 1. The van der Waals surface area contributed by atoms with E-state index in [2.05, 4.69) is 4.98 Å². The number of aromatic nitrogens is 4. The third-order valence-corrected chi connectivity index (χ3v) is 4.30. The molecule has 1 aromatic carbocycles. The topological polar surface area (TPSA) is 97.3 Å². The summed E-state index contributed by atoms with van der Waals surface area (Å²) in [6.45, 7) is 0.293. The fourth-order valence-electron chi connectivity index (χ4n) is 2.77. The number of hydrogen-bond acceptors (Lipinski definition) is 6. The molecule has 0 fully saturated rings. The van der Waals surface area contributed by atoms with Gasteiger partial charge in [0.2, 0.25) is 0 Å². The lowest BCUT2D eigenvalue weighted by Gasteiger charge is -2.07. The van der Waals surface area contributed by atoms with E-state index in [4.69, 9.17) is 9.47 Å². The lowest BCUT2D eigenvalue weighted by Crippen LogP contribution is -2.37. The molecule has 0 aliphatic rings. The van der Waals surface area contributed by atoms with Crippen LogP contribution >= 0.6 is 0 Å². The highest BCUT2D eigenvalue weighted by Crippen LogP contribution is 2.13. The molecule has 3 rings (SSSR count). The average molecular weight is 384 g/mol. The summed E-state index contributed by atoms with van der Waals surface area (Å²) in [6, 6.07) is 7.26. The van der Waals surface area contributed by atoms with Crippen LogP contribution < -0.4 is 16.0 Å². The maximum Gasteiger partial charge on any atom is 0.332 e. The van der Waals surface area contributed by atoms with Gasteiger partial charge in [0.1, 0.15) is 12.4 Å². The summed E-state index contributed by atoms with van der Waals surface area (Å²) in [7, 11) is 4.53. The fraction of sp³-hybridized carbons (Fsp3) is 0.263. The summed E-state index contributed by atoms with van der Waals surface area (Å²) in [6.07, 6.45) is 4.40. The highest BCUT2D eigenvalue weighted by molar-refractivity contribution is 5.87. The third kappa shape index (κ3) is 3.73. The third-order valence-electron chi connectivity index (χ3n) is 4.30. The van der Waals surface area contributed by atoms with Crippen molar-refractivity contribution in [2.24, 2.45) is 14.1 Å². The van der Waals surface area contributed by atoms with Crippen LogP contribution in [0.4, 0.5) is 0 Å². The molecule has 0 aliphatic heterocycles. The summed E-state index contributed by atoms with van der Waals surface area (Å²) < 4.78 is 14.2. The fourth-order valence-corrected chi connectivity index (χ4v) is 2.77. The first kappa shape index (κ1) is 19.2. The van der Waals surface area contributed by atoms with E-state index < -0.39 is 17.2 Å². The predicted octanol–water partition coefficient (Wildman–Crippen LogP) is 0.699. The van der Waals surface area contributed by atoms with Crippen LogP contribution in [0.15, 0.2) is 46.3 Å². The molecule has 9 nitrogen and oxygen atoms in total. The Morgan fingerprint density at radius 3 is 2.75 bits per heavy atom. The van der Waals surface area contributed by atoms with Crippen molar-refractivity contribution < 1.29 is 14.3 Å². The van der Waals surface area contributed by atoms with Crippen molar-refractivity contribution in [3.63, 3.8) is 0 Å². The van der Waals surface area contributed by atoms with E-state index in [1.54, 1.807) is 30.9 Å². The van der Waals surface area contributed by atoms with Gasteiger partial charge in [0.15, 0.2) is 11.2 Å². The second kappa shape index (κ2) is 7.95. The summed E-state index contributed by atoms with van der Waals surface area (Å²) in [4.78, 5) is 40.3. The molecule has 3 aromatic rings. The van der Waals surface area contributed by atoms with Crippen molar-refractivity contribution in [2.45, 2.75) is 6.54 Å². The van der Waals surface area contributed by atoms with E-state index in [-0.39, 0.29) is 24.3 Å². The molecule has 0 saturated heterocycles. The molecule has 0 amide bonds. The predicted molar refractivity (Wildman–Crippen MR) is 103 cm³/mol. The van der Waals surface area contributed by atoms with Crippen molar-refractivity contribution >= 4 is 23.2 Å². The van der Waals surface area contributed by atoms with Crippen LogP contribution in [0.2, 0.25) is 0 Å². The summed E-state index contributed by atoms with van der Waals surface area (Å²) >= 11 is 0. The number of imidazole rings is 1. The maximum absolute atomic E-state index is 12.4. The largest absolute Gasteiger partial charge is 0.497 e. The number of rotatable bonds is 6. The Morgan fingerprint density at radius 1 is 1.21 bits per heavy atom. The van der Waals surface area contributed by atoms with Crippen LogP contribution in [0, 0.1) is 0 Å². The van der Waals surface area contributed by atoms with Crippen molar-refractivity contribution in [1.82, 2.24) is 18.7 Å². The molecule has 0 aliphatic carbocycles. The van der Waals surface area contributed by atoms with Crippen LogP contribution in [0.1, 0.15) is 5.56 Å². The Hall–Kier alpha value is -3.62. The molecule has 9 heteroatoms. The number of fused-ring (bicyclic) bond motifs is 1. The van der Waals surface area contributed by atoms with Gasteiger partial charge in [-0.2, -0.15) is 0 Å². The Kier molecular flexibility index (Phi) is 5.44. The smallest absolute Gasteiger partial charge is 0.332 e. The SMILES string of the molecule is COc1cccc(/C=C/C(=O)OCCn2cnc3c2c(=O)n(C)c(=O)n3C)c1. The van der Waals surface area contributed by atoms with E-state index in [0.717, 1.165) is 10.1 Å². The number of carbonyl (C=O) groups excluding carboxylic acids is 1. The molecule has 0 bridgehead atoms. The van der Waals surface area contributed by atoms with Gasteiger partial charge in [-0.05, 0) is 23.8 Å². The minimum absolute atomic E-state index is 0.0543. The Bertz CT molecular complexity index is 1170. The monoisotopic (exact) mass is 384 g/mol.